The smallest absolute Gasteiger partial charge is 0.327 e. The van der Waals surface area contributed by atoms with Crippen LogP contribution in [0.25, 0.3) is 11.5 Å². The van der Waals surface area contributed by atoms with Gasteiger partial charge in [-0.25, -0.2) is 4.79 Å². The van der Waals surface area contributed by atoms with E-state index in [1.807, 2.05) is 47.4 Å². The van der Waals surface area contributed by atoms with E-state index in [2.05, 4.69) is 10.2 Å². The molecule has 3 aromatic rings. The minimum atomic E-state index is -0.528. The Kier molecular flexibility index (Phi) is 7.36. The molecule has 0 aliphatic carbocycles. The summed E-state index contributed by atoms with van der Waals surface area (Å²) in [6.07, 6.45) is 0.669. The molecule has 1 amide bonds. The zero-order valence-corrected chi connectivity index (χ0v) is 19.1. The fraction of sp³-hybridized carbons (Fsp3) is 0.333. The molecule has 1 atom stereocenters. The standard InChI is InChI=1S/C24H25ClN4O4/c1-32-24(31)22(17-7-9-19(25)10-8-17)29-15-13-28(14-16-29)21(30)12-11-20-26-27-23(33-20)18-5-3-2-4-6-18/h2-10,22H,11-16H2,1H3. The third-order valence-electron chi connectivity index (χ3n) is 5.68. The Hall–Kier alpha value is -3.23. The summed E-state index contributed by atoms with van der Waals surface area (Å²) in [4.78, 5) is 29.0. The topological polar surface area (TPSA) is 88.8 Å². The van der Waals surface area contributed by atoms with Crippen LogP contribution >= 0.6 is 11.6 Å². The van der Waals surface area contributed by atoms with Gasteiger partial charge in [0.1, 0.15) is 6.04 Å². The van der Waals surface area contributed by atoms with Gasteiger partial charge in [0.05, 0.1) is 7.11 Å². The lowest BCUT2D eigenvalue weighted by Gasteiger charge is -2.38. The largest absolute Gasteiger partial charge is 0.468 e. The van der Waals surface area contributed by atoms with E-state index in [1.165, 1.54) is 7.11 Å². The molecule has 1 aliphatic heterocycles. The molecule has 9 heteroatoms. The molecule has 1 aromatic heterocycles. The molecule has 0 bridgehead atoms. The van der Waals surface area contributed by atoms with Crippen LogP contribution in [-0.2, 0) is 20.7 Å². The number of benzene rings is 2. The van der Waals surface area contributed by atoms with Crippen molar-refractivity contribution < 1.29 is 18.7 Å². The lowest BCUT2D eigenvalue weighted by atomic mass is 10.0. The van der Waals surface area contributed by atoms with E-state index in [0.29, 0.717) is 49.4 Å². The van der Waals surface area contributed by atoms with Gasteiger partial charge in [0.25, 0.3) is 0 Å². The maximum atomic E-state index is 12.7. The first-order valence-electron chi connectivity index (χ1n) is 10.8. The lowest BCUT2D eigenvalue weighted by Crippen LogP contribution is -2.51. The number of methoxy groups -OCH3 is 1. The maximum Gasteiger partial charge on any atom is 0.327 e. The number of ether oxygens (including phenoxy) is 1. The number of esters is 1. The highest BCUT2D eigenvalue weighted by molar-refractivity contribution is 6.30. The Balaban J connectivity index is 1.31. The summed E-state index contributed by atoms with van der Waals surface area (Å²) in [5, 5.41) is 8.73. The van der Waals surface area contributed by atoms with Crippen LogP contribution in [0.5, 0.6) is 0 Å². The van der Waals surface area contributed by atoms with E-state index in [1.54, 1.807) is 17.0 Å². The average molecular weight is 469 g/mol. The summed E-state index contributed by atoms with van der Waals surface area (Å²) >= 11 is 5.99. The number of amides is 1. The van der Waals surface area contributed by atoms with Crippen LogP contribution < -0.4 is 0 Å². The monoisotopic (exact) mass is 468 g/mol. The van der Waals surface area contributed by atoms with Gasteiger partial charge >= 0.3 is 5.97 Å². The summed E-state index contributed by atoms with van der Waals surface area (Å²) in [7, 11) is 1.38. The van der Waals surface area contributed by atoms with Crippen LogP contribution in [-0.4, -0.2) is 65.2 Å². The minimum absolute atomic E-state index is 0.0234. The molecular weight excluding hydrogens is 444 g/mol. The second-order valence-corrected chi connectivity index (χ2v) is 8.20. The summed E-state index contributed by atoms with van der Waals surface area (Å²) in [5.41, 5.74) is 1.66. The van der Waals surface area contributed by atoms with Crippen molar-refractivity contribution >= 4 is 23.5 Å². The van der Waals surface area contributed by atoms with E-state index >= 15 is 0 Å². The predicted molar refractivity (Wildman–Crippen MR) is 122 cm³/mol. The van der Waals surface area contributed by atoms with Crippen molar-refractivity contribution in [3.05, 3.63) is 71.1 Å². The fourth-order valence-corrected chi connectivity index (χ4v) is 4.03. The van der Waals surface area contributed by atoms with E-state index in [-0.39, 0.29) is 18.3 Å². The van der Waals surface area contributed by atoms with Crippen molar-refractivity contribution in [3.8, 4) is 11.5 Å². The third-order valence-corrected chi connectivity index (χ3v) is 5.93. The molecule has 4 rings (SSSR count). The first-order chi connectivity index (χ1) is 16.0. The molecule has 0 N–H and O–H groups in total. The van der Waals surface area contributed by atoms with Crippen LogP contribution in [0.3, 0.4) is 0 Å². The molecule has 1 aliphatic rings. The highest BCUT2D eigenvalue weighted by Gasteiger charge is 2.32. The number of halogens is 1. The average Bonchev–Trinajstić information content (AvgIpc) is 3.34. The van der Waals surface area contributed by atoms with Crippen LogP contribution in [0, 0.1) is 0 Å². The number of nitrogens with zero attached hydrogens (tertiary/aromatic N) is 4. The van der Waals surface area contributed by atoms with Crippen LogP contribution in [0.15, 0.2) is 59.0 Å². The van der Waals surface area contributed by atoms with Gasteiger partial charge in [-0.3, -0.25) is 9.69 Å². The number of aromatic nitrogens is 2. The summed E-state index contributed by atoms with van der Waals surface area (Å²) in [5.74, 6) is 0.579. The molecule has 172 valence electrons. The summed E-state index contributed by atoms with van der Waals surface area (Å²) in [6, 6.07) is 16.2. The molecule has 33 heavy (non-hydrogen) atoms. The quantitative estimate of drug-likeness (QED) is 0.491. The molecule has 0 saturated carbocycles. The second-order valence-electron chi connectivity index (χ2n) is 7.76. The maximum absolute atomic E-state index is 12.7. The zero-order valence-electron chi connectivity index (χ0n) is 18.3. The summed E-state index contributed by atoms with van der Waals surface area (Å²) in [6.45, 7) is 2.18. The molecule has 1 saturated heterocycles. The Bertz CT molecular complexity index is 1080. The molecule has 0 radical (unpaired) electrons. The Labute approximate surface area is 197 Å². The Morgan fingerprint density at radius 2 is 1.73 bits per heavy atom. The number of piperazine rings is 1. The minimum Gasteiger partial charge on any atom is -0.468 e. The van der Waals surface area contributed by atoms with E-state index < -0.39 is 6.04 Å². The molecule has 0 spiro atoms. The number of hydrogen-bond donors (Lipinski definition) is 0. The van der Waals surface area contributed by atoms with Crippen LogP contribution in [0.4, 0.5) is 0 Å². The third kappa shape index (κ3) is 5.58. The van der Waals surface area contributed by atoms with Gasteiger partial charge in [-0.05, 0) is 29.8 Å². The van der Waals surface area contributed by atoms with E-state index in [0.717, 1.165) is 11.1 Å². The normalized spacial score (nSPS) is 15.3. The molecule has 2 heterocycles. The van der Waals surface area contributed by atoms with Crippen molar-refractivity contribution in [2.45, 2.75) is 18.9 Å². The van der Waals surface area contributed by atoms with Crippen molar-refractivity contribution in [1.29, 1.82) is 0 Å². The number of rotatable bonds is 7. The number of carbonyl (C=O) groups excluding carboxylic acids is 2. The van der Waals surface area contributed by atoms with E-state index in [4.69, 9.17) is 20.8 Å². The van der Waals surface area contributed by atoms with Crippen LogP contribution in [0.1, 0.15) is 23.9 Å². The van der Waals surface area contributed by atoms with Gasteiger partial charge < -0.3 is 14.1 Å². The molecule has 1 fully saturated rings. The van der Waals surface area contributed by atoms with Gasteiger partial charge in [-0.1, -0.05) is 41.9 Å². The van der Waals surface area contributed by atoms with Gasteiger partial charge in [0.2, 0.25) is 17.7 Å². The van der Waals surface area contributed by atoms with Gasteiger partial charge in [-0.15, -0.1) is 10.2 Å². The van der Waals surface area contributed by atoms with Gasteiger partial charge in [0, 0.05) is 49.6 Å². The highest BCUT2D eigenvalue weighted by atomic mass is 35.5. The Morgan fingerprint density at radius 1 is 1.03 bits per heavy atom. The summed E-state index contributed by atoms with van der Waals surface area (Å²) < 4.78 is 10.7. The second kappa shape index (κ2) is 10.6. The van der Waals surface area contributed by atoms with Crippen LogP contribution in [0.2, 0.25) is 5.02 Å². The van der Waals surface area contributed by atoms with Gasteiger partial charge in [0.15, 0.2) is 0 Å². The first kappa shape index (κ1) is 22.9. The predicted octanol–water partition coefficient (Wildman–Crippen LogP) is 3.38. The Morgan fingerprint density at radius 3 is 2.39 bits per heavy atom. The van der Waals surface area contributed by atoms with E-state index in [9.17, 15) is 9.59 Å². The number of aryl methyl sites for hydroxylation is 1. The molecule has 8 nitrogen and oxygen atoms in total. The van der Waals surface area contributed by atoms with Gasteiger partial charge in [-0.2, -0.15) is 0 Å². The SMILES string of the molecule is COC(=O)C(c1ccc(Cl)cc1)N1CCN(C(=O)CCc2nnc(-c3ccccc3)o2)CC1. The first-order valence-corrected chi connectivity index (χ1v) is 11.2. The van der Waals surface area contributed by atoms with Crippen molar-refractivity contribution in [2.24, 2.45) is 0 Å². The van der Waals surface area contributed by atoms with Crippen molar-refractivity contribution in [1.82, 2.24) is 20.0 Å². The van der Waals surface area contributed by atoms with Crippen molar-refractivity contribution in [3.63, 3.8) is 0 Å². The van der Waals surface area contributed by atoms with Crippen molar-refractivity contribution in [2.75, 3.05) is 33.3 Å². The number of carbonyl (C=O) groups is 2. The highest BCUT2D eigenvalue weighted by Crippen LogP contribution is 2.25. The molecular formula is C24H25ClN4O4. The number of hydrogen-bond acceptors (Lipinski definition) is 7. The fourth-order valence-electron chi connectivity index (χ4n) is 3.91. The molecule has 1 unspecified atom stereocenters. The lowest BCUT2D eigenvalue weighted by molar-refractivity contribution is -0.148. The zero-order chi connectivity index (χ0) is 23.2. The molecule has 2 aromatic carbocycles.